The zero-order chi connectivity index (χ0) is 73.6. The van der Waals surface area contributed by atoms with Gasteiger partial charge >= 0.3 is 0 Å². The lowest BCUT2D eigenvalue weighted by atomic mass is 9.86. The Labute approximate surface area is 607 Å². The van der Waals surface area contributed by atoms with Crippen molar-refractivity contribution in [3.05, 3.63) is 324 Å². The van der Waals surface area contributed by atoms with Crippen LogP contribution in [0.4, 0.5) is 0 Å². The minimum Gasteiger partial charge on any atom is -0.294 e. The summed E-state index contributed by atoms with van der Waals surface area (Å²) in [6.45, 7) is 39.3. The van der Waals surface area contributed by atoms with E-state index >= 15 is 0 Å². The van der Waals surface area contributed by atoms with Crippen LogP contribution in [-0.4, -0.2) is 29.1 Å². The molecule has 102 heavy (non-hydrogen) atoms. The monoisotopic (exact) mass is 1340 g/mol. The number of benzene rings is 8. The molecule has 14 aromatic rings. The smallest absolute Gasteiger partial charge is 0.140 e. The lowest BCUT2D eigenvalue weighted by Gasteiger charge is -2.19. The molecular weight excluding hydrogens is 1240 g/mol. The number of nitrogens with zero attached hydrogens (tertiary/aromatic N) is 8. The summed E-state index contributed by atoms with van der Waals surface area (Å²) in [6, 6.07) is 96.2. The third-order valence-electron chi connectivity index (χ3n) is 17.8. The second-order valence-electron chi connectivity index (χ2n) is 32.0. The van der Waals surface area contributed by atoms with Gasteiger partial charge in [0.2, 0.25) is 0 Å². The maximum atomic E-state index is 9.49. The van der Waals surface area contributed by atoms with Crippen molar-refractivity contribution in [1.82, 2.24) is 29.1 Å². The molecule has 0 bridgehead atoms. The molecule has 0 atom stereocenters. The summed E-state index contributed by atoms with van der Waals surface area (Å²) in [7, 11) is 0. The maximum absolute atomic E-state index is 9.49. The Bertz CT molecular complexity index is 5020. The fourth-order valence-electron chi connectivity index (χ4n) is 11.6. The van der Waals surface area contributed by atoms with Crippen LogP contribution in [-0.2, 0) is 32.5 Å². The van der Waals surface area contributed by atoms with Crippen LogP contribution in [0, 0.1) is 22.7 Å². The van der Waals surface area contributed by atoms with Crippen LogP contribution in [0.5, 0.6) is 0 Å². The molecule has 6 heterocycles. The van der Waals surface area contributed by atoms with Crippen LogP contribution in [0.1, 0.15) is 170 Å². The standard InChI is InChI=1S/C22H19N3.C21H20N2.C16H18.C15H17N.C10H12N2.C10H14/c1-22(2,3)20-12-15(14-23)13-21(24-20)25-18-10-6-4-8-16(18)17-9-5-7-11-19(17)25;1-21(2,3)15-12-13-20(22-14-15)23-18-10-6-4-8-16(18)17-9-5-7-11-19(17)23;1-16(2,3)15-11-9-14(10-12-15)13-7-5-4-6-8-13;1-15(2,3)14-11-7-10-13(16-14)12-8-5-4-6-9-12;1-10(2,3)8-4-5-9(6-11)12-7-8;1-10(2,3)9-7-5-4-6-8-9/h4-13H,1-3H3;4-14H,1-3H3;4-12H,1-3H3;4-11H,1-3H3;4-5,7H,1-3H3;4-8H,1-3H3. The highest BCUT2D eigenvalue weighted by Crippen LogP contribution is 2.35. The van der Waals surface area contributed by atoms with Gasteiger partial charge in [0.25, 0.3) is 0 Å². The number of hydrogen-bond acceptors (Lipinski definition) is 6. The second-order valence-corrected chi connectivity index (χ2v) is 32.0. The van der Waals surface area contributed by atoms with Gasteiger partial charge in [0, 0.05) is 61.7 Å². The van der Waals surface area contributed by atoms with Gasteiger partial charge in [-0.3, -0.25) is 14.1 Å². The Kier molecular flexibility index (Phi) is 23.6. The molecule has 516 valence electrons. The van der Waals surface area contributed by atoms with E-state index in [0.717, 1.165) is 45.3 Å². The molecule has 8 heteroatoms. The summed E-state index contributed by atoms with van der Waals surface area (Å²) < 4.78 is 4.40. The Morgan fingerprint density at radius 2 is 0.647 bits per heavy atom. The predicted octanol–water partition coefficient (Wildman–Crippen LogP) is 24.8. The normalized spacial score (nSPS) is 11.6. The van der Waals surface area contributed by atoms with Gasteiger partial charge in [0.05, 0.1) is 39.4 Å². The topological polar surface area (TPSA) is 109 Å². The van der Waals surface area contributed by atoms with Crippen molar-refractivity contribution in [2.75, 3.05) is 0 Å². The minimum atomic E-state index is -0.125. The van der Waals surface area contributed by atoms with Crippen molar-refractivity contribution >= 4 is 43.6 Å². The van der Waals surface area contributed by atoms with Gasteiger partial charge in [0.15, 0.2) is 0 Å². The largest absolute Gasteiger partial charge is 0.294 e. The van der Waals surface area contributed by atoms with Gasteiger partial charge in [-0.2, -0.15) is 10.5 Å². The molecule has 8 aromatic carbocycles. The maximum Gasteiger partial charge on any atom is 0.140 e. The third-order valence-corrected chi connectivity index (χ3v) is 17.8. The molecule has 14 rings (SSSR count). The van der Waals surface area contributed by atoms with E-state index in [1.54, 1.807) is 12.3 Å². The Morgan fingerprint density at radius 3 is 1.03 bits per heavy atom. The second kappa shape index (κ2) is 32.1. The summed E-state index contributed by atoms with van der Waals surface area (Å²) in [6.07, 6.45) is 3.76. The quantitative estimate of drug-likeness (QED) is 0.174. The van der Waals surface area contributed by atoms with E-state index in [1.807, 2.05) is 66.9 Å². The average Bonchev–Trinajstić information content (AvgIpc) is 1.60. The molecule has 0 radical (unpaired) electrons. The van der Waals surface area contributed by atoms with Crippen LogP contribution >= 0.6 is 0 Å². The first-order valence-electron chi connectivity index (χ1n) is 35.3. The molecule has 0 saturated heterocycles. The van der Waals surface area contributed by atoms with E-state index in [1.165, 1.54) is 66.0 Å². The number of fused-ring (bicyclic) bond motifs is 6. The van der Waals surface area contributed by atoms with Crippen molar-refractivity contribution in [3.63, 3.8) is 0 Å². The van der Waals surface area contributed by atoms with Crippen molar-refractivity contribution in [1.29, 1.82) is 10.5 Å². The first-order chi connectivity index (χ1) is 48.3. The van der Waals surface area contributed by atoms with E-state index in [9.17, 15) is 5.26 Å². The molecule has 0 saturated carbocycles. The van der Waals surface area contributed by atoms with Crippen LogP contribution in [0.15, 0.2) is 279 Å². The molecule has 0 amide bonds. The summed E-state index contributed by atoms with van der Waals surface area (Å²) in [5.41, 5.74) is 18.5. The first-order valence-corrected chi connectivity index (χ1v) is 35.3. The number of hydrogen-bond donors (Lipinski definition) is 0. The number of aromatic nitrogens is 6. The van der Waals surface area contributed by atoms with Crippen LogP contribution in [0.2, 0.25) is 0 Å². The van der Waals surface area contributed by atoms with E-state index < -0.39 is 0 Å². The van der Waals surface area contributed by atoms with Gasteiger partial charge in [-0.15, -0.1) is 0 Å². The van der Waals surface area contributed by atoms with E-state index in [2.05, 4.69) is 351 Å². The summed E-state index contributed by atoms with van der Waals surface area (Å²) in [4.78, 5) is 18.4. The zero-order valence-corrected chi connectivity index (χ0v) is 63.1. The van der Waals surface area contributed by atoms with Crippen molar-refractivity contribution in [2.24, 2.45) is 0 Å². The Morgan fingerprint density at radius 1 is 0.275 bits per heavy atom. The van der Waals surface area contributed by atoms with Crippen LogP contribution < -0.4 is 0 Å². The fraction of sp³-hybridized carbons (Fsp3) is 0.255. The molecular formula is C94H100N8. The Balaban J connectivity index is 0.000000146. The predicted molar refractivity (Wildman–Crippen MR) is 431 cm³/mol. The third kappa shape index (κ3) is 19.3. The molecule has 0 aliphatic rings. The first kappa shape index (κ1) is 75.1. The minimum absolute atomic E-state index is 0.102. The van der Waals surface area contributed by atoms with E-state index in [4.69, 9.17) is 20.2 Å². The lowest BCUT2D eigenvalue weighted by Crippen LogP contribution is -2.15. The number of para-hydroxylation sites is 4. The number of nitriles is 2. The van der Waals surface area contributed by atoms with E-state index in [0.29, 0.717) is 16.7 Å². The zero-order valence-electron chi connectivity index (χ0n) is 63.1. The number of rotatable bonds is 4. The molecule has 0 aliphatic heterocycles. The van der Waals surface area contributed by atoms with Gasteiger partial charge in [0.1, 0.15) is 23.4 Å². The van der Waals surface area contributed by atoms with Gasteiger partial charge in [-0.05, 0) is 116 Å². The summed E-state index contributed by atoms with van der Waals surface area (Å²) in [5.74, 6) is 1.76. The molecule has 0 unspecified atom stereocenters. The molecule has 0 spiro atoms. The van der Waals surface area contributed by atoms with E-state index in [-0.39, 0.29) is 27.1 Å². The Hall–Kier alpha value is -11.1. The van der Waals surface area contributed by atoms with Crippen molar-refractivity contribution < 1.29 is 0 Å². The van der Waals surface area contributed by atoms with Gasteiger partial charge in [-0.1, -0.05) is 331 Å². The molecule has 0 aliphatic carbocycles. The SMILES string of the molecule is CC(C)(C)c1cc(C#N)cc(-n2c3ccccc3c3ccccc32)n1.CC(C)(C)c1ccc(-c2ccccc2)cc1.CC(C)(C)c1ccc(-n2c3ccccc3c3ccccc32)nc1.CC(C)(C)c1ccc(C#N)nc1.CC(C)(C)c1cccc(-c2ccccc2)n1.CC(C)(C)c1ccccc1. The molecule has 8 nitrogen and oxygen atoms in total. The van der Waals surface area contributed by atoms with Gasteiger partial charge in [-0.25, -0.2) is 15.0 Å². The van der Waals surface area contributed by atoms with Crippen molar-refractivity contribution in [3.8, 4) is 46.2 Å². The average molecular weight is 1340 g/mol. The highest BCUT2D eigenvalue weighted by atomic mass is 15.1. The highest BCUT2D eigenvalue weighted by molar-refractivity contribution is 6.10. The summed E-state index contributed by atoms with van der Waals surface area (Å²) in [5, 5.41) is 22.9. The van der Waals surface area contributed by atoms with Crippen LogP contribution in [0.3, 0.4) is 0 Å². The molecule has 0 fully saturated rings. The number of pyridine rings is 4. The van der Waals surface area contributed by atoms with Crippen molar-refractivity contribution in [2.45, 2.75) is 157 Å². The molecule has 6 aromatic heterocycles. The fourth-order valence-corrected chi connectivity index (χ4v) is 11.6. The lowest BCUT2D eigenvalue weighted by molar-refractivity contribution is 0.567. The van der Waals surface area contributed by atoms with Gasteiger partial charge < -0.3 is 0 Å². The summed E-state index contributed by atoms with van der Waals surface area (Å²) >= 11 is 0. The van der Waals surface area contributed by atoms with Crippen LogP contribution in [0.25, 0.3) is 77.6 Å². The highest BCUT2D eigenvalue weighted by Gasteiger charge is 2.22. The molecule has 0 N–H and O–H groups in total.